The SMILES string of the molecule is CSc1ncc(-c2ccc3ncc4c(c3n2)N(C2CCN(C(=O)CO)CC2)C(=O)N(C)C4)cn1. The minimum atomic E-state index is -0.497. The zero-order valence-corrected chi connectivity index (χ0v) is 19.8. The van der Waals surface area contributed by atoms with Crippen LogP contribution in [0.2, 0.25) is 0 Å². The number of hydrogen-bond donors (Lipinski definition) is 1. The topological polar surface area (TPSA) is 116 Å². The average Bonchev–Trinajstić information content (AvgIpc) is 2.89. The van der Waals surface area contributed by atoms with Crippen molar-refractivity contribution in [2.24, 2.45) is 0 Å². The summed E-state index contributed by atoms with van der Waals surface area (Å²) in [5.41, 5.74) is 4.59. The minimum Gasteiger partial charge on any atom is -0.387 e. The van der Waals surface area contributed by atoms with Crippen molar-refractivity contribution in [3.63, 3.8) is 0 Å². The Hall–Kier alpha value is -3.31. The van der Waals surface area contributed by atoms with E-state index in [0.717, 1.165) is 16.8 Å². The van der Waals surface area contributed by atoms with Gasteiger partial charge in [-0.2, -0.15) is 0 Å². The fraction of sp³-hybridized carbons (Fsp3) is 0.391. The van der Waals surface area contributed by atoms with Crippen LogP contribution in [-0.2, 0) is 11.3 Å². The molecule has 0 spiro atoms. The van der Waals surface area contributed by atoms with Gasteiger partial charge in [0.05, 0.1) is 23.4 Å². The molecular formula is C23H25N7O3S. The molecule has 3 amide bonds. The third-order valence-corrected chi connectivity index (χ3v) is 6.94. The number of thioether (sulfide) groups is 1. The zero-order chi connectivity index (χ0) is 23.8. The van der Waals surface area contributed by atoms with Gasteiger partial charge in [-0.3, -0.25) is 14.7 Å². The van der Waals surface area contributed by atoms with Gasteiger partial charge in [-0.05, 0) is 31.2 Å². The molecule has 0 unspecified atom stereocenters. The second kappa shape index (κ2) is 9.15. The summed E-state index contributed by atoms with van der Waals surface area (Å²) >= 11 is 1.47. The second-order valence-corrected chi connectivity index (χ2v) is 9.21. The summed E-state index contributed by atoms with van der Waals surface area (Å²) in [5, 5.41) is 9.88. The lowest BCUT2D eigenvalue weighted by Gasteiger charge is -2.43. The van der Waals surface area contributed by atoms with Crippen LogP contribution in [-0.4, -0.2) is 85.8 Å². The molecular weight excluding hydrogens is 454 g/mol. The summed E-state index contributed by atoms with van der Waals surface area (Å²) < 4.78 is 0. The Labute approximate surface area is 201 Å². The number of carbonyl (C=O) groups is 2. The monoisotopic (exact) mass is 479 g/mol. The number of piperidine rings is 1. The number of urea groups is 1. The molecule has 3 aromatic heterocycles. The van der Waals surface area contributed by atoms with Crippen molar-refractivity contribution < 1.29 is 14.7 Å². The smallest absolute Gasteiger partial charge is 0.324 e. The first kappa shape index (κ1) is 22.5. The number of aliphatic hydroxyl groups is 1. The summed E-state index contributed by atoms with van der Waals surface area (Å²) in [6.07, 6.45) is 8.49. The fourth-order valence-electron chi connectivity index (χ4n) is 4.61. The Morgan fingerprint density at radius 1 is 1.15 bits per heavy atom. The maximum Gasteiger partial charge on any atom is 0.324 e. The van der Waals surface area contributed by atoms with Crippen LogP contribution in [0.25, 0.3) is 22.3 Å². The van der Waals surface area contributed by atoms with E-state index in [1.54, 1.807) is 29.2 Å². The summed E-state index contributed by atoms with van der Waals surface area (Å²) in [5.74, 6) is -0.281. The number of aliphatic hydroxyl groups excluding tert-OH is 1. The molecule has 10 nitrogen and oxygen atoms in total. The van der Waals surface area contributed by atoms with E-state index in [4.69, 9.17) is 4.98 Å². The van der Waals surface area contributed by atoms with Crippen LogP contribution < -0.4 is 4.90 Å². The van der Waals surface area contributed by atoms with Gasteiger partial charge in [0.25, 0.3) is 0 Å². The van der Waals surface area contributed by atoms with E-state index in [-0.39, 0.29) is 18.0 Å². The quantitative estimate of drug-likeness (QED) is 0.447. The number of anilines is 1. The first-order valence-electron chi connectivity index (χ1n) is 11.1. The predicted molar refractivity (Wildman–Crippen MR) is 128 cm³/mol. The number of carbonyl (C=O) groups excluding carboxylic acids is 2. The first-order valence-corrected chi connectivity index (χ1v) is 12.3. The number of hydrogen-bond acceptors (Lipinski definition) is 8. The highest BCUT2D eigenvalue weighted by Gasteiger charge is 2.37. The molecule has 0 atom stereocenters. The van der Waals surface area contributed by atoms with Crippen molar-refractivity contribution in [3.05, 3.63) is 36.3 Å². The van der Waals surface area contributed by atoms with E-state index < -0.39 is 6.61 Å². The summed E-state index contributed by atoms with van der Waals surface area (Å²) in [7, 11) is 1.78. The molecule has 0 aliphatic carbocycles. The van der Waals surface area contributed by atoms with Crippen molar-refractivity contribution in [1.29, 1.82) is 0 Å². The van der Waals surface area contributed by atoms with Gasteiger partial charge in [0.15, 0.2) is 5.16 Å². The minimum absolute atomic E-state index is 0.0861. The summed E-state index contributed by atoms with van der Waals surface area (Å²) in [6.45, 7) is 0.942. The zero-order valence-electron chi connectivity index (χ0n) is 19.0. The average molecular weight is 480 g/mol. The van der Waals surface area contributed by atoms with E-state index >= 15 is 0 Å². The Balaban J connectivity index is 1.57. The van der Waals surface area contributed by atoms with E-state index in [1.807, 2.05) is 29.5 Å². The highest BCUT2D eigenvalue weighted by atomic mass is 32.2. The maximum absolute atomic E-state index is 13.4. The molecule has 5 rings (SSSR count). The van der Waals surface area contributed by atoms with Crippen molar-refractivity contribution in [2.75, 3.05) is 37.9 Å². The van der Waals surface area contributed by atoms with Crippen LogP contribution in [0.5, 0.6) is 0 Å². The molecule has 2 aliphatic heterocycles. The normalized spacial score (nSPS) is 16.8. The molecule has 1 saturated heterocycles. The number of aromatic nitrogens is 4. The first-order chi connectivity index (χ1) is 16.5. The summed E-state index contributed by atoms with van der Waals surface area (Å²) in [6, 6.07) is 3.62. The van der Waals surface area contributed by atoms with Gasteiger partial charge >= 0.3 is 6.03 Å². The standard InChI is InChI=1S/C23H25N7O3S/c1-28-12-15-11-24-18-4-3-17(14-9-25-22(34-2)26-10-14)27-20(18)21(15)30(23(28)33)16-5-7-29(8-6-16)19(32)13-31/h3-4,9-11,16,31H,5-8,12-13H2,1-2H3. The van der Waals surface area contributed by atoms with Crippen LogP contribution in [0.4, 0.5) is 10.5 Å². The number of amides is 3. The van der Waals surface area contributed by atoms with Crippen molar-refractivity contribution >= 4 is 40.4 Å². The number of nitrogens with zero attached hydrogens (tertiary/aromatic N) is 7. The van der Waals surface area contributed by atoms with E-state index in [0.29, 0.717) is 54.4 Å². The van der Waals surface area contributed by atoms with E-state index in [2.05, 4.69) is 15.0 Å². The Morgan fingerprint density at radius 2 is 1.88 bits per heavy atom. The summed E-state index contributed by atoms with van der Waals surface area (Å²) in [4.78, 5) is 48.7. The van der Waals surface area contributed by atoms with Crippen molar-refractivity contribution in [3.8, 4) is 11.3 Å². The maximum atomic E-state index is 13.4. The highest BCUT2D eigenvalue weighted by molar-refractivity contribution is 7.98. The molecule has 5 heterocycles. The molecule has 3 aromatic rings. The fourth-order valence-corrected chi connectivity index (χ4v) is 4.92. The molecule has 0 radical (unpaired) electrons. The van der Waals surface area contributed by atoms with E-state index in [9.17, 15) is 14.7 Å². The molecule has 1 fully saturated rings. The predicted octanol–water partition coefficient (Wildman–Crippen LogP) is 2.16. The lowest BCUT2D eigenvalue weighted by Crippen LogP contribution is -2.54. The van der Waals surface area contributed by atoms with Gasteiger partial charge in [-0.1, -0.05) is 11.8 Å². The number of fused-ring (bicyclic) bond motifs is 3. The van der Waals surface area contributed by atoms with Crippen LogP contribution in [0.1, 0.15) is 18.4 Å². The van der Waals surface area contributed by atoms with Gasteiger partial charge in [0, 0.05) is 55.9 Å². The third-order valence-electron chi connectivity index (χ3n) is 6.37. The van der Waals surface area contributed by atoms with Crippen LogP contribution in [0.15, 0.2) is 35.9 Å². The third kappa shape index (κ3) is 3.94. The van der Waals surface area contributed by atoms with Gasteiger partial charge in [0.1, 0.15) is 12.1 Å². The Kier molecular flexibility index (Phi) is 6.05. The lowest BCUT2D eigenvalue weighted by molar-refractivity contribution is -0.135. The Bertz CT molecular complexity index is 1250. The molecule has 34 heavy (non-hydrogen) atoms. The second-order valence-electron chi connectivity index (χ2n) is 8.43. The highest BCUT2D eigenvalue weighted by Crippen LogP contribution is 2.37. The molecule has 176 valence electrons. The number of likely N-dealkylation sites (tertiary alicyclic amines) is 1. The van der Waals surface area contributed by atoms with E-state index in [1.165, 1.54) is 11.8 Å². The lowest BCUT2D eigenvalue weighted by atomic mass is 9.99. The van der Waals surface area contributed by atoms with Crippen molar-refractivity contribution in [1.82, 2.24) is 29.7 Å². The largest absolute Gasteiger partial charge is 0.387 e. The van der Waals surface area contributed by atoms with Gasteiger partial charge in [-0.15, -0.1) is 0 Å². The van der Waals surface area contributed by atoms with Crippen LogP contribution in [0.3, 0.4) is 0 Å². The molecule has 0 aromatic carbocycles. The molecule has 0 bridgehead atoms. The number of rotatable bonds is 4. The molecule has 2 aliphatic rings. The molecule has 11 heteroatoms. The molecule has 1 N–H and O–H groups in total. The van der Waals surface area contributed by atoms with Gasteiger partial charge in [-0.25, -0.2) is 19.7 Å². The van der Waals surface area contributed by atoms with Crippen LogP contribution in [0, 0.1) is 0 Å². The van der Waals surface area contributed by atoms with Crippen LogP contribution >= 0.6 is 11.8 Å². The Morgan fingerprint density at radius 3 is 2.56 bits per heavy atom. The number of pyridine rings is 2. The molecule has 0 saturated carbocycles. The van der Waals surface area contributed by atoms with Gasteiger partial charge in [0.2, 0.25) is 5.91 Å². The van der Waals surface area contributed by atoms with Crippen molar-refractivity contribution in [2.45, 2.75) is 30.6 Å². The van der Waals surface area contributed by atoms with Gasteiger partial charge < -0.3 is 14.9 Å².